The average Bonchev–Trinajstić information content (AvgIpc) is 2.90. The van der Waals surface area contributed by atoms with Crippen LogP contribution in [-0.4, -0.2) is 50.0 Å². The molecule has 0 aliphatic rings. The first-order valence-corrected chi connectivity index (χ1v) is 14.7. The second-order valence-electron chi connectivity index (χ2n) is 9.25. The van der Waals surface area contributed by atoms with Crippen molar-refractivity contribution in [3.05, 3.63) is 101 Å². The molecule has 0 aliphatic heterocycles. The van der Waals surface area contributed by atoms with Crippen molar-refractivity contribution in [3.8, 4) is 0 Å². The number of sulfonamides is 1. The lowest BCUT2D eigenvalue weighted by molar-refractivity contribution is -0.140. The molecular weight excluding hydrogens is 522 g/mol. The van der Waals surface area contributed by atoms with Crippen LogP contribution in [0.25, 0.3) is 0 Å². The maximum absolute atomic E-state index is 14.0. The van der Waals surface area contributed by atoms with E-state index in [9.17, 15) is 18.0 Å². The van der Waals surface area contributed by atoms with Crippen molar-refractivity contribution in [3.63, 3.8) is 0 Å². The van der Waals surface area contributed by atoms with Gasteiger partial charge in [0.1, 0.15) is 12.6 Å². The van der Waals surface area contributed by atoms with E-state index in [2.05, 4.69) is 5.32 Å². The highest BCUT2D eigenvalue weighted by Gasteiger charge is 2.33. The highest BCUT2D eigenvalue weighted by molar-refractivity contribution is 7.92. The van der Waals surface area contributed by atoms with Gasteiger partial charge in [0.15, 0.2) is 0 Å². The molecule has 2 atom stereocenters. The predicted molar refractivity (Wildman–Crippen MR) is 152 cm³/mol. The van der Waals surface area contributed by atoms with Crippen molar-refractivity contribution in [1.82, 2.24) is 10.2 Å². The molecule has 3 aromatic carbocycles. The van der Waals surface area contributed by atoms with Crippen LogP contribution in [0.1, 0.15) is 31.4 Å². The Labute approximate surface area is 230 Å². The van der Waals surface area contributed by atoms with Gasteiger partial charge in [-0.2, -0.15) is 0 Å². The van der Waals surface area contributed by atoms with Crippen molar-refractivity contribution in [1.29, 1.82) is 0 Å². The van der Waals surface area contributed by atoms with Crippen LogP contribution >= 0.6 is 11.6 Å². The Morgan fingerprint density at radius 2 is 1.45 bits per heavy atom. The summed E-state index contributed by atoms with van der Waals surface area (Å²) in [4.78, 5) is 29.0. The number of rotatable bonds is 12. The third-order valence-electron chi connectivity index (χ3n) is 6.27. The third kappa shape index (κ3) is 8.07. The SMILES string of the molecule is CC[C@H](C)NC(=O)[C@@H](Cc1ccccc1)N(Cc1ccccc1)C(=O)CN(c1ccccc1Cl)S(C)(=O)=O. The number of nitrogens with zero attached hydrogens (tertiary/aromatic N) is 2. The molecule has 3 rings (SSSR count). The van der Waals surface area contributed by atoms with Crippen molar-refractivity contribution in [2.75, 3.05) is 17.1 Å². The third-order valence-corrected chi connectivity index (χ3v) is 7.71. The minimum Gasteiger partial charge on any atom is -0.352 e. The van der Waals surface area contributed by atoms with E-state index >= 15 is 0 Å². The lowest BCUT2D eigenvalue weighted by Gasteiger charge is -2.34. The van der Waals surface area contributed by atoms with E-state index in [1.165, 1.54) is 4.90 Å². The molecule has 0 spiro atoms. The number of hydrogen-bond donors (Lipinski definition) is 1. The molecule has 38 heavy (non-hydrogen) atoms. The van der Waals surface area contributed by atoms with Gasteiger partial charge in [0.05, 0.1) is 17.0 Å². The number of para-hydroxylation sites is 1. The predicted octanol–water partition coefficient (Wildman–Crippen LogP) is 4.66. The monoisotopic (exact) mass is 555 g/mol. The molecule has 0 bridgehead atoms. The highest BCUT2D eigenvalue weighted by atomic mass is 35.5. The van der Waals surface area contributed by atoms with E-state index in [4.69, 9.17) is 11.6 Å². The molecule has 202 valence electrons. The summed E-state index contributed by atoms with van der Waals surface area (Å²) in [5.41, 5.74) is 1.90. The normalized spacial score (nSPS) is 12.8. The number of amides is 2. The van der Waals surface area contributed by atoms with Crippen molar-refractivity contribution in [2.45, 2.75) is 45.3 Å². The number of nitrogens with one attached hydrogen (secondary N) is 1. The summed E-state index contributed by atoms with van der Waals surface area (Å²) in [5, 5.41) is 3.21. The van der Waals surface area contributed by atoms with Crippen molar-refractivity contribution < 1.29 is 18.0 Å². The van der Waals surface area contributed by atoms with Gasteiger partial charge in [-0.3, -0.25) is 13.9 Å². The van der Waals surface area contributed by atoms with Gasteiger partial charge in [0, 0.05) is 19.0 Å². The zero-order valence-corrected chi connectivity index (χ0v) is 23.5. The van der Waals surface area contributed by atoms with Gasteiger partial charge in [-0.05, 0) is 36.6 Å². The van der Waals surface area contributed by atoms with E-state index in [0.29, 0.717) is 0 Å². The highest BCUT2D eigenvalue weighted by Crippen LogP contribution is 2.27. The molecule has 0 aliphatic carbocycles. The number of halogens is 1. The second-order valence-corrected chi connectivity index (χ2v) is 11.6. The Morgan fingerprint density at radius 3 is 2.00 bits per heavy atom. The van der Waals surface area contributed by atoms with Gasteiger partial charge in [-0.15, -0.1) is 0 Å². The fraction of sp³-hybridized carbons (Fsp3) is 0.310. The summed E-state index contributed by atoms with van der Waals surface area (Å²) in [5.74, 6) is -0.810. The first kappa shape index (κ1) is 29.2. The molecule has 7 nitrogen and oxygen atoms in total. The molecule has 2 amide bonds. The van der Waals surface area contributed by atoms with Crippen molar-refractivity contribution >= 4 is 39.1 Å². The van der Waals surface area contributed by atoms with Gasteiger partial charge in [-0.1, -0.05) is 91.3 Å². The number of anilines is 1. The largest absolute Gasteiger partial charge is 0.352 e. The quantitative estimate of drug-likeness (QED) is 0.352. The van der Waals surface area contributed by atoms with Gasteiger partial charge >= 0.3 is 0 Å². The number of carbonyl (C=O) groups is 2. The summed E-state index contributed by atoms with van der Waals surface area (Å²) < 4.78 is 26.6. The molecule has 0 radical (unpaired) electrons. The zero-order chi connectivity index (χ0) is 27.7. The van der Waals surface area contributed by atoms with Gasteiger partial charge in [0.2, 0.25) is 21.8 Å². The Bertz CT molecular complexity index is 1320. The van der Waals surface area contributed by atoms with Gasteiger partial charge < -0.3 is 10.2 Å². The Balaban J connectivity index is 2.05. The first-order valence-electron chi connectivity index (χ1n) is 12.5. The number of carbonyl (C=O) groups excluding carboxylic acids is 2. The molecular formula is C29H34ClN3O4S. The molecule has 0 unspecified atom stereocenters. The Morgan fingerprint density at radius 1 is 0.895 bits per heavy atom. The van der Waals surface area contributed by atoms with Crippen LogP contribution in [0.3, 0.4) is 0 Å². The lowest BCUT2D eigenvalue weighted by atomic mass is 10.0. The summed E-state index contributed by atoms with van der Waals surface area (Å²) in [6, 6.07) is 24.3. The Kier molecular flexibility index (Phi) is 10.3. The van der Waals surface area contributed by atoms with Crippen LogP contribution in [0.4, 0.5) is 5.69 Å². The van der Waals surface area contributed by atoms with E-state index < -0.39 is 28.5 Å². The maximum Gasteiger partial charge on any atom is 0.244 e. The summed E-state index contributed by atoms with van der Waals surface area (Å²) in [6.45, 7) is 3.50. The molecule has 0 heterocycles. The minimum atomic E-state index is -3.87. The van der Waals surface area contributed by atoms with Crippen LogP contribution in [0.5, 0.6) is 0 Å². The molecule has 0 saturated heterocycles. The van der Waals surface area contributed by atoms with Crippen LogP contribution < -0.4 is 9.62 Å². The number of hydrogen-bond acceptors (Lipinski definition) is 4. The maximum atomic E-state index is 14.0. The minimum absolute atomic E-state index is 0.0925. The van der Waals surface area contributed by atoms with E-state index in [1.807, 2.05) is 74.5 Å². The standard InChI is InChI=1S/C29H34ClN3O4S/c1-4-22(2)31-29(35)27(19-23-13-7-5-8-14-23)32(20-24-15-9-6-10-16-24)28(34)21-33(38(3,36)37)26-18-12-11-17-25(26)30/h5-18,22,27H,4,19-21H2,1-3H3,(H,31,35)/t22-,27+/m0/s1. The summed E-state index contributed by atoms with van der Waals surface area (Å²) >= 11 is 6.32. The van der Waals surface area contributed by atoms with Gasteiger partial charge in [0.25, 0.3) is 0 Å². The first-order chi connectivity index (χ1) is 18.1. The molecule has 3 aromatic rings. The number of benzene rings is 3. The second kappa shape index (κ2) is 13.4. The van der Waals surface area contributed by atoms with E-state index in [-0.39, 0.29) is 35.6 Å². The van der Waals surface area contributed by atoms with Gasteiger partial charge in [-0.25, -0.2) is 8.42 Å². The smallest absolute Gasteiger partial charge is 0.244 e. The fourth-order valence-corrected chi connectivity index (χ4v) is 5.17. The summed E-state index contributed by atoms with van der Waals surface area (Å²) in [7, 11) is -3.87. The summed E-state index contributed by atoms with van der Waals surface area (Å²) in [6.07, 6.45) is 2.03. The zero-order valence-electron chi connectivity index (χ0n) is 21.9. The van der Waals surface area contributed by atoms with Crippen LogP contribution in [0.15, 0.2) is 84.9 Å². The van der Waals surface area contributed by atoms with E-state index in [1.54, 1.807) is 24.3 Å². The van der Waals surface area contributed by atoms with Crippen LogP contribution in [-0.2, 0) is 32.6 Å². The van der Waals surface area contributed by atoms with Crippen LogP contribution in [0.2, 0.25) is 5.02 Å². The topological polar surface area (TPSA) is 86.8 Å². The molecule has 0 aromatic heterocycles. The van der Waals surface area contributed by atoms with Crippen molar-refractivity contribution in [2.24, 2.45) is 0 Å². The molecule has 9 heteroatoms. The molecule has 0 saturated carbocycles. The lowest BCUT2D eigenvalue weighted by Crippen LogP contribution is -2.54. The van der Waals surface area contributed by atoms with E-state index in [0.717, 1.165) is 28.1 Å². The molecule has 0 fully saturated rings. The Hall–Kier alpha value is -3.36. The average molecular weight is 556 g/mol. The van der Waals surface area contributed by atoms with Crippen LogP contribution in [0, 0.1) is 0 Å². The fourth-order valence-electron chi connectivity index (χ4n) is 4.02. The molecule has 1 N–H and O–H groups in total.